The number of fused-ring (bicyclic) bond motifs is 1. The van der Waals surface area contributed by atoms with E-state index >= 15 is 0 Å². The molecule has 1 aliphatic heterocycles. The average Bonchev–Trinajstić information content (AvgIpc) is 3.11. The molecule has 3 aromatic rings. The van der Waals surface area contributed by atoms with E-state index in [-0.39, 0.29) is 29.6 Å². The topological polar surface area (TPSA) is 75.7 Å². The molecule has 3 aromatic carbocycles. The number of imide groups is 1. The van der Waals surface area contributed by atoms with Crippen LogP contribution in [-0.2, 0) is 9.59 Å². The fraction of sp³-hybridized carbons (Fsp3) is 0.233. The van der Waals surface area contributed by atoms with Gasteiger partial charge in [0.2, 0.25) is 11.8 Å². The zero-order chi connectivity index (χ0) is 25.4. The molecule has 2 atom stereocenters. The van der Waals surface area contributed by atoms with E-state index in [1.807, 2.05) is 38.1 Å². The Kier molecular flexibility index (Phi) is 6.18. The minimum atomic E-state index is -0.286. The smallest absolute Gasteiger partial charge is 0.255 e. The van der Waals surface area contributed by atoms with Gasteiger partial charge in [-0.2, -0.15) is 0 Å². The maximum Gasteiger partial charge on any atom is 0.255 e. The van der Waals surface area contributed by atoms with E-state index in [4.69, 9.17) is 4.74 Å². The normalized spacial score (nSPS) is 19.1. The molecular formula is C30H28N2O4. The molecular weight excluding hydrogens is 452 g/mol. The molecule has 0 aromatic heterocycles. The van der Waals surface area contributed by atoms with Gasteiger partial charge in [-0.15, -0.1) is 0 Å². The Bertz CT molecular complexity index is 1370. The van der Waals surface area contributed by atoms with Crippen LogP contribution in [0.15, 0.2) is 78.4 Å². The average molecular weight is 481 g/mol. The van der Waals surface area contributed by atoms with Gasteiger partial charge >= 0.3 is 0 Å². The molecule has 36 heavy (non-hydrogen) atoms. The largest absolute Gasteiger partial charge is 0.457 e. The predicted octanol–water partition coefficient (Wildman–Crippen LogP) is 6.19. The molecule has 0 unspecified atom stereocenters. The Balaban J connectivity index is 1.23. The Morgan fingerprint density at radius 1 is 0.833 bits per heavy atom. The van der Waals surface area contributed by atoms with Crippen molar-refractivity contribution in [1.82, 2.24) is 0 Å². The number of nitrogens with one attached hydrogen (secondary N) is 1. The Morgan fingerprint density at radius 3 is 2.19 bits per heavy atom. The lowest BCUT2D eigenvalue weighted by molar-refractivity contribution is -0.122. The SMILES string of the molecule is CC1=CC[C@H]2C(=O)N(c3ccc(C(=O)Nc4ccc(Oc5ccc(C)c(C)c5)cc4)cc3)C(=O)[C@@H]2C1. The van der Waals surface area contributed by atoms with Gasteiger partial charge in [-0.05, 0) is 105 Å². The summed E-state index contributed by atoms with van der Waals surface area (Å²) >= 11 is 0. The first-order valence-electron chi connectivity index (χ1n) is 12.1. The van der Waals surface area contributed by atoms with Crippen LogP contribution in [-0.4, -0.2) is 17.7 Å². The number of hydrogen-bond acceptors (Lipinski definition) is 4. The highest BCUT2D eigenvalue weighted by molar-refractivity contribution is 6.22. The lowest BCUT2D eigenvalue weighted by Crippen LogP contribution is -2.30. The lowest BCUT2D eigenvalue weighted by atomic mass is 9.82. The number of rotatable bonds is 5. The summed E-state index contributed by atoms with van der Waals surface area (Å²) in [5, 5.41) is 2.87. The Hall–Kier alpha value is -4.19. The van der Waals surface area contributed by atoms with Crippen molar-refractivity contribution in [3.05, 3.63) is 95.1 Å². The van der Waals surface area contributed by atoms with E-state index in [1.165, 1.54) is 10.5 Å². The van der Waals surface area contributed by atoms with E-state index in [0.717, 1.165) is 16.9 Å². The molecule has 6 heteroatoms. The van der Waals surface area contributed by atoms with Crippen molar-refractivity contribution < 1.29 is 19.1 Å². The maximum atomic E-state index is 12.9. The number of benzene rings is 3. The van der Waals surface area contributed by atoms with Crippen LogP contribution in [0.3, 0.4) is 0 Å². The fourth-order valence-corrected chi connectivity index (χ4v) is 4.78. The van der Waals surface area contributed by atoms with Gasteiger partial charge in [0.05, 0.1) is 17.5 Å². The number of aryl methyl sites for hydroxylation is 2. The second kappa shape index (κ2) is 9.46. The summed E-state index contributed by atoms with van der Waals surface area (Å²) < 4.78 is 5.90. The first kappa shape index (κ1) is 23.5. The van der Waals surface area contributed by atoms with E-state index in [0.29, 0.717) is 35.5 Å². The van der Waals surface area contributed by atoms with Crippen molar-refractivity contribution in [2.24, 2.45) is 11.8 Å². The summed E-state index contributed by atoms with van der Waals surface area (Å²) in [6.07, 6.45) is 3.28. The molecule has 0 saturated carbocycles. The molecule has 2 aliphatic rings. The highest BCUT2D eigenvalue weighted by Crippen LogP contribution is 2.39. The Labute approximate surface area is 210 Å². The standard InChI is InChI=1S/C30H28N2O4/c1-18-4-15-26-27(16-18)30(35)32(29(26)34)23-10-6-21(7-11-23)28(33)31-22-8-13-24(14-9-22)36-25-12-5-19(2)20(3)17-25/h4-14,17,26-27H,15-16H2,1-3H3,(H,31,33)/t26-,27-/m1/s1. The molecule has 1 N–H and O–H groups in total. The number of carbonyl (C=O) groups is 3. The lowest BCUT2D eigenvalue weighted by Gasteiger charge is -2.18. The van der Waals surface area contributed by atoms with Crippen LogP contribution in [0.2, 0.25) is 0 Å². The molecule has 0 radical (unpaired) electrons. The molecule has 6 nitrogen and oxygen atoms in total. The van der Waals surface area contributed by atoms with Crippen LogP contribution in [0.5, 0.6) is 11.5 Å². The minimum Gasteiger partial charge on any atom is -0.457 e. The summed E-state index contributed by atoms with van der Waals surface area (Å²) in [6, 6.07) is 19.7. The first-order chi connectivity index (χ1) is 17.3. The maximum absolute atomic E-state index is 12.9. The number of allylic oxidation sites excluding steroid dienone is 2. The first-order valence-corrected chi connectivity index (χ1v) is 12.1. The van der Waals surface area contributed by atoms with Gasteiger partial charge in [0, 0.05) is 11.3 Å². The monoisotopic (exact) mass is 480 g/mol. The molecule has 1 saturated heterocycles. The number of amides is 3. The molecule has 3 amide bonds. The van der Waals surface area contributed by atoms with E-state index < -0.39 is 0 Å². The summed E-state index contributed by atoms with van der Waals surface area (Å²) in [7, 11) is 0. The van der Waals surface area contributed by atoms with Crippen LogP contribution < -0.4 is 15.0 Å². The zero-order valence-corrected chi connectivity index (χ0v) is 20.6. The molecule has 0 bridgehead atoms. The second-order valence-electron chi connectivity index (χ2n) is 9.59. The zero-order valence-electron chi connectivity index (χ0n) is 20.6. The van der Waals surface area contributed by atoms with Crippen LogP contribution in [0, 0.1) is 25.7 Å². The molecule has 0 spiro atoms. The second-order valence-corrected chi connectivity index (χ2v) is 9.59. The Morgan fingerprint density at radius 2 is 1.50 bits per heavy atom. The summed E-state index contributed by atoms with van der Waals surface area (Å²) in [5.74, 6) is 0.268. The third-order valence-corrected chi connectivity index (χ3v) is 7.04. The van der Waals surface area contributed by atoms with Crippen molar-refractivity contribution in [2.75, 3.05) is 10.2 Å². The van der Waals surface area contributed by atoms with Crippen LogP contribution >= 0.6 is 0 Å². The van der Waals surface area contributed by atoms with Crippen LogP contribution in [0.25, 0.3) is 0 Å². The van der Waals surface area contributed by atoms with E-state index in [2.05, 4.69) is 12.2 Å². The van der Waals surface area contributed by atoms with Gasteiger partial charge in [0.15, 0.2) is 0 Å². The fourth-order valence-electron chi connectivity index (χ4n) is 4.78. The molecule has 1 aliphatic carbocycles. The number of ether oxygens (including phenoxy) is 1. The third kappa shape index (κ3) is 4.54. The number of carbonyl (C=O) groups excluding carboxylic acids is 3. The van der Waals surface area contributed by atoms with Crippen molar-refractivity contribution in [3.63, 3.8) is 0 Å². The molecule has 182 valence electrons. The van der Waals surface area contributed by atoms with Crippen molar-refractivity contribution in [2.45, 2.75) is 33.6 Å². The van der Waals surface area contributed by atoms with Crippen molar-refractivity contribution in [1.29, 1.82) is 0 Å². The highest BCUT2D eigenvalue weighted by Gasteiger charge is 2.48. The van der Waals surface area contributed by atoms with Gasteiger partial charge in [0.1, 0.15) is 11.5 Å². The van der Waals surface area contributed by atoms with E-state index in [9.17, 15) is 14.4 Å². The summed E-state index contributed by atoms with van der Waals surface area (Å²) in [4.78, 5) is 39.8. The number of anilines is 2. The summed E-state index contributed by atoms with van der Waals surface area (Å²) in [5.41, 5.74) is 5.08. The van der Waals surface area contributed by atoms with Gasteiger partial charge in [-0.1, -0.05) is 17.7 Å². The number of nitrogens with zero attached hydrogens (tertiary/aromatic N) is 1. The number of hydrogen-bond donors (Lipinski definition) is 1. The molecule has 1 fully saturated rings. The molecule has 1 heterocycles. The molecule has 5 rings (SSSR count). The summed E-state index contributed by atoms with van der Waals surface area (Å²) in [6.45, 7) is 6.09. The van der Waals surface area contributed by atoms with E-state index in [1.54, 1.807) is 48.5 Å². The van der Waals surface area contributed by atoms with Gasteiger partial charge in [-0.3, -0.25) is 19.3 Å². The van der Waals surface area contributed by atoms with Gasteiger partial charge in [0.25, 0.3) is 5.91 Å². The van der Waals surface area contributed by atoms with Crippen molar-refractivity contribution in [3.8, 4) is 11.5 Å². The predicted molar refractivity (Wildman–Crippen MR) is 139 cm³/mol. The minimum absolute atomic E-state index is 0.155. The highest BCUT2D eigenvalue weighted by atomic mass is 16.5. The quantitative estimate of drug-likeness (QED) is 0.349. The van der Waals surface area contributed by atoms with Crippen molar-refractivity contribution >= 4 is 29.1 Å². The van der Waals surface area contributed by atoms with Gasteiger partial charge in [-0.25, -0.2) is 0 Å². The van der Waals surface area contributed by atoms with Crippen LogP contribution in [0.1, 0.15) is 41.3 Å². The third-order valence-electron chi connectivity index (χ3n) is 7.04. The van der Waals surface area contributed by atoms with Gasteiger partial charge < -0.3 is 10.1 Å². The van der Waals surface area contributed by atoms with Crippen LogP contribution in [0.4, 0.5) is 11.4 Å².